The first-order valence-electron chi connectivity index (χ1n) is 4.52. The Bertz CT molecular complexity index is 214. The Morgan fingerprint density at radius 1 is 1.58 bits per heavy atom. The SMILES string of the molecule is CO[C@H]1C[C@@]2(C)C=C[C@@H]1C[C@H]2Br. The van der Waals surface area contributed by atoms with Crippen molar-refractivity contribution in [3.63, 3.8) is 0 Å². The van der Waals surface area contributed by atoms with Gasteiger partial charge in [0.2, 0.25) is 0 Å². The van der Waals surface area contributed by atoms with E-state index < -0.39 is 0 Å². The lowest BCUT2D eigenvalue weighted by Gasteiger charge is -2.47. The molecule has 0 aromatic heterocycles. The molecule has 0 unspecified atom stereocenters. The average molecular weight is 231 g/mol. The molecule has 3 rings (SSSR count). The summed E-state index contributed by atoms with van der Waals surface area (Å²) in [5, 5.41) is 0. The lowest BCUT2D eigenvalue weighted by Crippen LogP contribution is -2.45. The number of hydrogen-bond acceptors (Lipinski definition) is 1. The van der Waals surface area contributed by atoms with Crippen LogP contribution in [0.2, 0.25) is 0 Å². The molecule has 12 heavy (non-hydrogen) atoms. The summed E-state index contributed by atoms with van der Waals surface area (Å²) in [6, 6.07) is 0. The zero-order valence-electron chi connectivity index (χ0n) is 7.59. The van der Waals surface area contributed by atoms with Crippen LogP contribution in [-0.4, -0.2) is 18.0 Å². The Morgan fingerprint density at radius 3 is 2.83 bits per heavy atom. The molecule has 0 spiro atoms. The van der Waals surface area contributed by atoms with Gasteiger partial charge in [-0.05, 0) is 12.8 Å². The van der Waals surface area contributed by atoms with Gasteiger partial charge in [0, 0.05) is 23.3 Å². The van der Waals surface area contributed by atoms with Gasteiger partial charge in [0.1, 0.15) is 0 Å². The van der Waals surface area contributed by atoms with Crippen LogP contribution in [0.15, 0.2) is 12.2 Å². The Balaban J connectivity index is 2.24. The number of methoxy groups -OCH3 is 1. The van der Waals surface area contributed by atoms with Crippen molar-refractivity contribution in [2.75, 3.05) is 7.11 Å². The van der Waals surface area contributed by atoms with Crippen molar-refractivity contribution in [3.8, 4) is 0 Å². The minimum absolute atomic E-state index is 0.329. The third-order valence-electron chi connectivity index (χ3n) is 3.34. The lowest BCUT2D eigenvalue weighted by molar-refractivity contribution is 0.000903. The van der Waals surface area contributed by atoms with E-state index in [2.05, 4.69) is 35.0 Å². The summed E-state index contributed by atoms with van der Waals surface area (Å²) < 4.78 is 5.47. The molecule has 3 aliphatic carbocycles. The first-order valence-corrected chi connectivity index (χ1v) is 5.43. The minimum atomic E-state index is 0.329. The molecule has 2 heteroatoms. The van der Waals surface area contributed by atoms with Crippen LogP contribution in [0.3, 0.4) is 0 Å². The zero-order chi connectivity index (χ0) is 8.77. The average Bonchev–Trinajstić information content (AvgIpc) is 2.07. The van der Waals surface area contributed by atoms with Crippen LogP contribution in [0.5, 0.6) is 0 Å². The van der Waals surface area contributed by atoms with Gasteiger partial charge in [-0.25, -0.2) is 0 Å². The van der Waals surface area contributed by atoms with Crippen LogP contribution >= 0.6 is 15.9 Å². The Morgan fingerprint density at radius 2 is 2.33 bits per heavy atom. The normalized spacial score (nSPS) is 51.4. The van der Waals surface area contributed by atoms with Crippen molar-refractivity contribution in [2.45, 2.75) is 30.7 Å². The van der Waals surface area contributed by atoms with Crippen LogP contribution in [0.25, 0.3) is 0 Å². The molecule has 0 saturated heterocycles. The van der Waals surface area contributed by atoms with Gasteiger partial charge in [-0.3, -0.25) is 0 Å². The molecule has 0 amide bonds. The first kappa shape index (κ1) is 8.76. The van der Waals surface area contributed by atoms with Gasteiger partial charge in [-0.15, -0.1) is 0 Å². The number of rotatable bonds is 1. The fourth-order valence-electron chi connectivity index (χ4n) is 2.35. The summed E-state index contributed by atoms with van der Waals surface area (Å²) in [5.41, 5.74) is 0.329. The van der Waals surface area contributed by atoms with E-state index in [1.165, 1.54) is 12.8 Å². The maximum Gasteiger partial charge on any atom is 0.0642 e. The summed E-state index contributed by atoms with van der Waals surface area (Å²) in [4.78, 5) is 0.645. The van der Waals surface area contributed by atoms with Crippen molar-refractivity contribution in [3.05, 3.63) is 12.2 Å². The van der Waals surface area contributed by atoms with Gasteiger partial charge >= 0.3 is 0 Å². The molecule has 1 nitrogen and oxygen atoms in total. The van der Waals surface area contributed by atoms with E-state index in [-0.39, 0.29) is 0 Å². The highest BCUT2D eigenvalue weighted by Gasteiger charge is 2.45. The quantitative estimate of drug-likeness (QED) is 0.498. The fraction of sp³-hybridized carbons (Fsp3) is 0.800. The lowest BCUT2D eigenvalue weighted by atomic mass is 9.65. The Kier molecular flexibility index (Phi) is 2.08. The summed E-state index contributed by atoms with van der Waals surface area (Å²) in [6.45, 7) is 2.31. The number of fused-ring (bicyclic) bond motifs is 2. The van der Waals surface area contributed by atoms with Crippen molar-refractivity contribution in [1.82, 2.24) is 0 Å². The minimum Gasteiger partial charge on any atom is -0.381 e. The number of hydrogen-bond donors (Lipinski definition) is 0. The second-order valence-corrected chi connectivity index (χ2v) is 5.32. The Labute approximate surface area is 82.3 Å². The van der Waals surface area contributed by atoms with Gasteiger partial charge in [-0.1, -0.05) is 35.0 Å². The molecular weight excluding hydrogens is 216 g/mol. The van der Waals surface area contributed by atoms with Crippen molar-refractivity contribution in [2.24, 2.45) is 11.3 Å². The van der Waals surface area contributed by atoms with Gasteiger partial charge in [-0.2, -0.15) is 0 Å². The topological polar surface area (TPSA) is 9.23 Å². The standard InChI is InChI=1S/C10H15BrO/c1-10-4-3-7(5-9(10)11)8(6-10)12-2/h3-4,7-9H,5-6H2,1-2H3/t7-,8+,9-,10-/m1/s1. The van der Waals surface area contributed by atoms with Gasteiger partial charge in [0.25, 0.3) is 0 Å². The maximum absolute atomic E-state index is 5.47. The van der Waals surface area contributed by atoms with Gasteiger partial charge in [0.15, 0.2) is 0 Å². The predicted molar refractivity (Wildman–Crippen MR) is 53.5 cm³/mol. The van der Waals surface area contributed by atoms with E-state index in [0.717, 1.165) is 0 Å². The van der Waals surface area contributed by atoms with E-state index in [0.29, 0.717) is 22.3 Å². The highest BCUT2D eigenvalue weighted by atomic mass is 79.9. The molecule has 0 aliphatic heterocycles. The second kappa shape index (κ2) is 2.85. The third kappa shape index (κ3) is 1.16. The van der Waals surface area contributed by atoms with Crippen molar-refractivity contribution in [1.29, 1.82) is 0 Å². The molecule has 0 N–H and O–H groups in total. The van der Waals surface area contributed by atoms with Crippen LogP contribution < -0.4 is 0 Å². The molecule has 0 heterocycles. The number of ether oxygens (including phenoxy) is 1. The summed E-state index contributed by atoms with van der Waals surface area (Å²) in [5.74, 6) is 0.640. The van der Waals surface area contributed by atoms with Gasteiger partial charge in [0.05, 0.1) is 6.10 Å². The molecule has 1 saturated carbocycles. The van der Waals surface area contributed by atoms with E-state index in [1.54, 1.807) is 0 Å². The second-order valence-electron chi connectivity index (χ2n) is 4.21. The third-order valence-corrected chi connectivity index (χ3v) is 4.76. The molecule has 3 aliphatic rings. The molecule has 0 aromatic rings. The first-order chi connectivity index (χ1) is 5.65. The highest BCUT2D eigenvalue weighted by Crippen LogP contribution is 2.49. The zero-order valence-corrected chi connectivity index (χ0v) is 9.17. The van der Waals surface area contributed by atoms with E-state index in [9.17, 15) is 0 Å². The van der Waals surface area contributed by atoms with E-state index in [1.807, 2.05) is 7.11 Å². The molecule has 1 fully saturated rings. The predicted octanol–water partition coefficient (Wildman–Crippen LogP) is 2.75. The van der Waals surface area contributed by atoms with Crippen molar-refractivity contribution < 1.29 is 4.74 Å². The smallest absolute Gasteiger partial charge is 0.0642 e. The number of allylic oxidation sites excluding steroid dienone is 1. The summed E-state index contributed by atoms with van der Waals surface area (Å²) in [7, 11) is 1.83. The molecule has 4 atom stereocenters. The molecule has 68 valence electrons. The fourth-order valence-corrected chi connectivity index (χ4v) is 3.12. The largest absolute Gasteiger partial charge is 0.381 e. The number of alkyl halides is 1. The molecule has 0 aromatic carbocycles. The molecule has 2 bridgehead atoms. The number of halogens is 1. The van der Waals surface area contributed by atoms with Crippen LogP contribution in [0.1, 0.15) is 19.8 Å². The van der Waals surface area contributed by atoms with E-state index in [4.69, 9.17) is 4.74 Å². The Hall–Kier alpha value is 0.180. The monoisotopic (exact) mass is 230 g/mol. The highest BCUT2D eigenvalue weighted by molar-refractivity contribution is 9.09. The van der Waals surface area contributed by atoms with Crippen molar-refractivity contribution >= 4 is 15.9 Å². The molecular formula is C10H15BrO. The summed E-state index contributed by atoms with van der Waals surface area (Å²) >= 11 is 3.75. The maximum atomic E-state index is 5.47. The van der Waals surface area contributed by atoms with Crippen LogP contribution in [0.4, 0.5) is 0 Å². The van der Waals surface area contributed by atoms with Gasteiger partial charge < -0.3 is 4.74 Å². The van der Waals surface area contributed by atoms with Crippen LogP contribution in [-0.2, 0) is 4.74 Å². The van der Waals surface area contributed by atoms with Crippen LogP contribution in [0, 0.1) is 11.3 Å². The summed E-state index contributed by atoms with van der Waals surface area (Å²) in [6.07, 6.45) is 7.53. The molecule has 0 radical (unpaired) electrons. The van der Waals surface area contributed by atoms with E-state index >= 15 is 0 Å².